The minimum absolute atomic E-state index is 0.0804. The molecule has 33 heavy (non-hydrogen) atoms. The second-order valence-corrected chi connectivity index (χ2v) is 9.65. The van der Waals surface area contributed by atoms with Crippen LogP contribution < -0.4 is 4.90 Å². The van der Waals surface area contributed by atoms with Gasteiger partial charge >= 0.3 is 6.09 Å². The molecule has 0 aliphatic carbocycles. The Morgan fingerprint density at radius 1 is 1.00 bits per heavy atom. The monoisotopic (exact) mass is 452 g/mol. The van der Waals surface area contributed by atoms with E-state index in [1.54, 1.807) is 17.0 Å². The molecule has 3 aliphatic heterocycles. The van der Waals surface area contributed by atoms with E-state index >= 15 is 0 Å². The second kappa shape index (κ2) is 8.45. The van der Waals surface area contributed by atoms with E-state index in [4.69, 9.17) is 9.47 Å². The minimum Gasteiger partial charge on any atom is -0.439 e. The summed E-state index contributed by atoms with van der Waals surface area (Å²) in [6.45, 7) is 4.45. The fraction of sp³-hybridized carbons (Fsp3) is 0.462. The summed E-state index contributed by atoms with van der Waals surface area (Å²) in [6.07, 6.45) is 2.06. The van der Waals surface area contributed by atoms with Gasteiger partial charge in [-0.05, 0) is 56.0 Å². The number of nitrogens with zero attached hydrogens (tertiary/aromatic N) is 2. The summed E-state index contributed by atoms with van der Waals surface area (Å²) >= 11 is 0. The molecular formula is C26H29FN2O4. The molecule has 2 aromatic carbocycles. The van der Waals surface area contributed by atoms with Gasteiger partial charge in [0.15, 0.2) is 5.60 Å². The smallest absolute Gasteiger partial charge is 0.415 e. The van der Waals surface area contributed by atoms with Crippen LogP contribution >= 0.6 is 0 Å². The summed E-state index contributed by atoms with van der Waals surface area (Å²) in [4.78, 5) is 30.1. The number of amides is 2. The van der Waals surface area contributed by atoms with E-state index in [0.29, 0.717) is 58.5 Å². The quantitative estimate of drug-likeness (QED) is 0.701. The summed E-state index contributed by atoms with van der Waals surface area (Å²) < 4.78 is 24.8. The number of benzene rings is 2. The first-order chi connectivity index (χ1) is 15.9. The highest BCUT2D eigenvalue weighted by atomic mass is 19.1. The fourth-order valence-electron chi connectivity index (χ4n) is 5.33. The molecule has 0 aromatic heterocycles. The minimum atomic E-state index is -0.681. The van der Waals surface area contributed by atoms with Crippen LogP contribution in [0.5, 0.6) is 0 Å². The molecule has 3 aliphatic rings. The lowest BCUT2D eigenvalue weighted by Crippen LogP contribution is -2.49. The number of aryl methyl sites for hydroxylation is 1. The van der Waals surface area contributed by atoms with Gasteiger partial charge in [-0.2, -0.15) is 0 Å². The van der Waals surface area contributed by atoms with Crippen LogP contribution in [0.15, 0.2) is 48.5 Å². The van der Waals surface area contributed by atoms with Crippen molar-refractivity contribution in [1.29, 1.82) is 0 Å². The van der Waals surface area contributed by atoms with Crippen molar-refractivity contribution in [3.63, 3.8) is 0 Å². The topological polar surface area (TPSA) is 59.1 Å². The van der Waals surface area contributed by atoms with Gasteiger partial charge in [0.1, 0.15) is 5.82 Å². The normalized spacial score (nSPS) is 24.4. The predicted molar refractivity (Wildman–Crippen MR) is 122 cm³/mol. The van der Waals surface area contributed by atoms with Crippen LogP contribution in [-0.2, 0) is 20.7 Å². The van der Waals surface area contributed by atoms with Gasteiger partial charge in [0.25, 0.3) is 0 Å². The van der Waals surface area contributed by atoms with Crippen LogP contribution in [-0.4, -0.2) is 55.3 Å². The first-order valence-corrected chi connectivity index (χ1v) is 11.6. The van der Waals surface area contributed by atoms with Crippen LogP contribution in [0.3, 0.4) is 0 Å². The lowest BCUT2D eigenvalue weighted by atomic mass is 9.74. The van der Waals surface area contributed by atoms with Gasteiger partial charge in [0.05, 0.1) is 18.5 Å². The van der Waals surface area contributed by atoms with E-state index in [1.807, 2.05) is 36.1 Å². The van der Waals surface area contributed by atoms with Crippen molar-refractivity contribution in [2.75, 3.05) is 37.7 Å². The van der Waals surface area contributed by atoms with Gasteiger partial charge in [-0.1, -0.05) is 29.8 Å². The van der Waals surface area contributed by atoms with Gasteiger partial charge < -0.3 is 14.4 Å². The highest BCUT2D eigenvalue weighted by Gasteiger charge is 2.53. The number of carbonyl (C=O) groups is 2. The van der Waals surface area contributed by atoms with E-state index in [-0.39, 0.29) is 17.8 Å². The lowest BCUT2D eigenvalue weighted by molar-refractivity contribution is -0.147. The Balaban J connectivity index is 1.33. The average molecular weight is 453 g/mol. The van der Waals surface area contributed by atoms with Crippen LogP contribution in [0.25, 0.3) is 0 Å². The number of hydrogen-bond donors (Lipinski definition) is 0. The Morgan fingerprint density at radius 2 is 1.70 bits per heavy atom. The molecule has 5 rings (SSSR count). The molecule has 3 fully saturated rings. The third kappa shape index (κ3) is 4.22. The van der Waals surface area contributed by atoms with Crippen LogP contribution in [0.4, 0.5) is 14.9 Å². The van der Waals surface area contributed by atoms with Crippen molar-refractivity contribution in [3.8, 4) is 0 Å². The SMILES string of the molecule is Cc1ccc(N2CC3(CCN(C(=O)C4(Cc5ccc(F)cc5)CCOCC4)C3)OC2=O)cc1. The standard InChI is InChI=1S/C26H29FN2O4/c1-19-2-8-22(9-3-19)29-18-26(33-24(29)31)10-13-28(17-26)23(30)25(11-14-32-15-12-25)16-20-4-6-21(27)7-5-20/h2-9H,10-18H2,1H3. The average Bonchev–Trinajstić information content (AvgIpc) is 3.38. The summed E-state index contributed by atoms with van der Waals surface area (Å²) in [5.74, 6) is -0.203. The fourth-order valence-corrected chi connectivity index (χ4v) is 5.33. The Labute approximate surface area is 193 Å². The molecule has 3 heterocycles. The molecule has 0 radical (unpaired) electrons. The first kappa shape index (κ1) is 21.9. The van der Waals surface area contributed by atoms with Crippen molar-refractivity contribution in [3.05, 3.63) is 65.5 Å². The molecule has 0 bridgehead atoms. The summed E-state index contributed by atoms with van der Waals surface area (Å²) in [7, 11) is 0. The maximum absolute atomic E-state index is 13.8. The van der Waals surface area contributed by atoms with E-state index in [9.17, 15) is 14.0 Å². The first-order valence-electron chi connectivity index (χ1n) is 11.6. The van der Waals surface area contributed by atoms with Crippen LogP contribution in [0, 0.1) is 18.2 Å². The number of hydrogen-bond acceptors (Lipinski definition) is 4. The summed E-state index contributed by atoms with van der Waals surface area (Å²) in [5, 5.41) is 0. The molecule has 7 heteroatoms. The Hall–Kier alpha value is -2.93. The van der Waals surface area contributed by atoms with Crippen molar-refractivity contribution in [2.45, 2.75) is 38.2 Å². The van der Waals surface area contributed by atoms with Gasteiger partial charge in [0, 0.05) is 31.9 Å². The number of halogens is 1. The Morgan fingerprint density at radius 3 is 2.39 bits per heavy atom. The van der Waals surface area contributed by atoms with E-state index in [0.717, 1.165) is 16.8 Å². The van der Waals surface area contributed by atoms with Crippen LogP contribution in [0.2, 0.25) is 0 Å². The molecule has 2 aromatic rings. The molecule has 1 atom stereocenters. The maximum atomic E-state index is 13.8. The van der Waals surface area contributed by atoms with E-state index in [1.165, 1.54) is 12.1 Å². The highest BCUT2D eigenvalue weighted by molar-refractivity contribution is 5.91. The highest BCUT2D eigenvalue weighted by Crippen LogP contribution is 2.41. The number of anilines is 1. The molecular weight excluding hydrogens is 423 g/mol. The van der Waals surface area contributed by atoms with Crippen LogP contribution in [0.1, 0.15) is 30.4 Å². The second-order valence-electron chi connectivity index (χ2n) is 9.65. The molecule has 3 saturated heterocycles. The lowest BCUT2D eigenvalue weighted by Gasteiger charge is -2.39. The number of carbonyl (C=O) groups excluding carboxylic acids is 2. The van der Waals surface area contributed by atoms with Gasteiger partial charge in [-0.15, -0.1) is 0 Å². The largest absolute Gasteiger partial charge is 0.439 e. The van der Waals surface area contributed by atoms with Crippen molar-refractivity contribution >= 4 is 17.7 Å². The molecule has 0 saturated carbocycles. The van der Waals surface area contributed by atoms with Gasteiger partial charge in [-0.25, -0.2) is 9.18 Å². The summed E-state index contributed by atoms with van der Waals surface area (Å²) in [5.41, 5.74) is 1.62. The number of likely N-dealkylation sites (tertiary alicyclic amines) is 1. The summed E-state index contributed by atoms with van der Waals surface area (Å²) in [6, 6.07) is 14.2. The zero-order chi connectivity index (χ0) is 23.1. The number of rotatable bonds is 4. The molecule has 6 nitrogen and oxygen atoms in total. The third-order valence-corrected chi connectivity index (χ3v) is 7.28. The third-order valence-electron chi connectivity index (χ3n) is 7.28. The zero-order valence-electron chi connectivity index (χ0n) is 18.9. The van der Waals surface area contributed by atoms with Crippen molar-refractivity contribution < 1.29 is 23.5 Å². The number of ether oxygens (including phenoxy) is 2. The molecule has 174 valence electrons. The van der Waals surface area contributed by atoms with E-state index < -0.39 is 11.0 Å². The van der Waals surface area contributed by atoms with Gasteiger partial charge in [-0.3, -0.25) is 9.69 Å². The zero-order valence-corrected chi connectivity index (χ0v) is 18.9. The molecule has 1 unspecified atom stereocenters. The maximum Gasteiger partial charge on any atom is 0.415 e. The van der Waals surface area contributed by atoms with E-state index in [2.05, 4.69) is 0 Å². The van der Waals surface area contributed by atoms with Gasteiger partial charge in [0.2, 0.25) is 5.91 Å². The molecule has 2 amide bonds. The van der Waals surface area contributed by atoms with Crippen molar-refractivity contribution in [2.24, 2.45) is 5.41 Å². The molecule has 0 N–H and O–H groups in total. The Bertz CT molecular complexity index is 1030. The predicted octanol–water partition coefficient (Wildman–Crippen LogP) is 4.10. The molecule has 1 spiro atoms. The Kier molecular flexibility index (Phi) is 5.60. The van der Waals surface area contributed by atoms with Crippen molar-refractivity contribution in [1.82, 2.24) is 4.90 Å².